The van der Waals surface area contributed by atoms with Crippen LogP contribution in [-0.2, 0) is 4.79 Å². The van der Waals surface area contributed by atoms with Gasteiger partial charge < -0.3 is 15.1 Å². The Kier molecular flexibility index (Phi) is 5.62. The fourth-order valence-corrected chi connectivity index (χ4v) is 4.70. The van der Waals surface area contributed by atoms with Crippen molar-refractivity contribution < 1.29 is 27.2 Å². The summed E-state index contributed by atoms with van der Waals surface area (Å²) in [7, 11) is 0. The number of alkyl halides is 4. The molecule has 2 fully saturated rings. The first kappa shape index (κ1) is 22.1. The molecular weight excluding hydrogens is 450 g/mol. The predicted molar refractivity (Wildman–Crippen MR) is 110 cm³/mol. The second-order valence-corrected chi connectivity index (χ2v) is 8.57. The lowest BCUT2D eigenvalue weighted by atomic mass is 9.94. The minimum Gasteiger partial charge on any atom is -0.364 e. The summed E-state index contributed by atoms with van der Waals surface area (Å²) in [6, 6.07) is 7.48. The van der Waals surface area contributed by atoms with Crippen molar-refractivity contribution in [1.82, 2.24) is 15.2 Å². The maximum Gasteiger partial charge on any atom is 0.426 e. The number of carbonyl (C=O) groups excluding carboxylic acids is 2. The van der Waals surface area contributed by atoms with Crippen LogP contribution in [0.4, 0.5) is 23.2 Å². The largest absolute Gasteiger partial charge is 0.426 e. The Morgan fingerprint density at radius 2 is 2.06 bits per heavy atom. The first-order valence-electron chi connectivity index (χ1n) is 9.57. The predicted octanol–water partition coefficient (Wildman–Crippen LogP) is 2.48. The molecule has 1 N–H and O–H groups in total. The lowest BCUT2D eigenvalue weighted by molar-refractivity contribution is -0.237. The molecular formula is C20H17F4N5O2S. The van der Waals surface area contributed by atoms with E-state index in [-0.39, 0.29) is 18.0 Å². The highest BCUT2D eigenvalue weighted by Crippen LogP contribution is 2.43. The van der Waals surface area contributed by atoms with Crippen LogP contribution in [0.5, 0.6) is 0 Å². The average molecular weight is 467 g/mol. The third-order valence-electron chi connectivity index (χ3n) is 5.48. The van der Waals surface area contributed by atoms with Crippen molar-refractivity contribution in [2.75, 3.05) is 36.2 Å². The highest BCUT2D eigenvalue weighted by atomic mass is 32.2. The number of hydrogen-bond donors (Lipinski definition) is 1. The molecule has 2 amide bonds. The van der Waals surface area contributed by atoms with E-state index >= 15 is 0 Å². The SMILES string of the molecule is N#CC1CSCN1C(=O)CNC(=O)c1ccnc2ccc(N3CC(F)(C(F)(F)F)C3)cc12. The lowest BCUT2D eigenvalue weighted by Crippen LogP contribution is -2.66. The van der Waals surface area contributed by atoms with Crippen LogP contribution in [0.1, 0.15) is 10.4 Å². The van der Waals surface area contributed by atoms with E-state index in [1.807, 2.05) is 6.07 Å². The maximum atomic E-state index is 13.9. The lowest BCUT2D eigenvalue weighted by Gasteiger charge is -2.46. The highest BCUT2D eigenvalue weighted by Gasteiger charge is 2.63. The van der Waals surface area contributed by atoms with Crippen LogP contribution in [0, 0.1) is 11.3 Å². The van der Waals surface area contributed by atoms with E-state index < -0.39 is 36.9 Å². The summed E-state index contributed by atoms with van der Waals surface area (Å²) in [6.07, 6.45) is -3.54. The summed E-state index contributed by atoms with van der Waals surface area (Å²) in [4.78, 5) is 31.8. The van der Waals surface area contributed by atoms with Crippen LogP contribution in [0.3, 0.4) is 0 Å². The van der Waals surface area contributed by atoms with Gasteiger partial charge in [0.1, 0.15) is 6.04 Å². The molecule has 0 aliphatic carbocycles. The minimum atomic E-state index is -4.95. The fraction of sp³-hybridized carbons (Fsp3) is 0.400. The Morgan fingerprint density at radius 1 is 1.31 bits per heavy atom. The number of thioether (sulfide) groups is 1. The molecule has 2 aliphatic rings. The topological polar surface area (TPSA) is 89.3 Å². The Bertz CT molecular complexity index is 1110. The van der Waals surface area contributed by atoms with Gasteiger partial charge in [-0.15, -0.1) is 11.8 Å². The summed E-state index contributed by atoms with van der Waals surface area (Å²) in [5.41, 5.74) is -2.32. The van der Waals surface area contributed by atoms with E-state index in [0.717, 1.165) is 0 Å². The molecule has 0 spiro atoms. The molecule has 168 valence electrons. The fourth-order valence-electron chi connectivity index (χ4n) is 3.60. The van der Waals surface area contributed by atoms with Gasteiger partial charge in [-0.05, 0) is 24.3 Å². The summed E-state index contributed by atoms with van der Waals surface area (Å²) in [6.45, 7) is -1.96. The molecule has 0 bridgehead atoms. The van der Waals surface area contributed by atoms with Crippen LogP contribution >= 0.6 is 11.8 Å². The molecule has 3 heterocycles. The first-order chi connectivity index (χ1) is 15.1. The number of nitrogens with one attached hydrogen (secondary N) is 1. The van der Waals surface area contributed by atoms with Gasteiger partial charge in [-0.2, -0.15) is 18.4 Å². The van der Waals surface area contributed by atoms with Crippen molar-refractivity contribution >= 4 is 40.2 Å². The molecule has 7 nitrogen and oxygen atoms in total. The van der Waals surface area contributed by atoms with Crippen molar-refractivity contribution in [1.29, 1.82) is 5.26 Å². The molecule has 1 aromatic carbocycles. The Balaban J connectivity index is 1.49. The Labute approximate surface area is 184 Å². The standard InChI is InChI=1S/C20H17F4N5O2S/c21-19(20(22,23)24)9-28(10-19)12-1-2-16-15(5-12)14(3-4-26-16)18(31)27-7-17(30)29-11-32-8-13(29)6-25/h1-5,13H,7-11H2,(H,27,31). The van der Waals surface area contributed by atoms with Crippen LogP contribution in [0.25, 0.3) is 10.9 Å². The molecule has 1 unspecified atom stereocenters. The number of rotatable bonds is 4. The molecule has 2 saturated heterocycles. The molecule has 1 atom stereocenters. The minimum absolute atomic E-state index is 0.181. The third kappa shape index (κ3) is 3.92. The van der Waals surface area contributed by atoms with E-state index in [1.165, 1.54) is 52.0 Å². The van der Waals surface area contributed by atoms with Gasteiger partial charge in [-0.25, -0.2) is 4.39 Å². The highest BCUT2D eigenvalue weighted by molar-refractivity contribution is 7.99. The summed E-state index contributed by atoms with van der Waals surface area (Å²) in [5, 5.41) is 12.0. The van der Waals surface area contributed by atoms with Gasteiger partial charge in [0.15, 0.2) is 0 Å². The summed E-state index contributed by atoms with van der Waals surface area (Å²) >= 11 is 1.45. The molecule has 32 heavy (non-hydrogen) atoms. The van der Waals surface area contributed by atoms with Gasteiger partial charge in [-0.1, -0.05) is 0 Å². The average Bonchev–Trinajstić information content (AvgIpc) is 3.22. The van der Waals surface area contributed by atoms with Crippen molar-refractivity contribution in [3.05, 3.63) is 36.0 Å². The number of pyridine rings is 1. The number of amides is 2. The second-order valence-electron chi connectivity index (χ2n) is 7.57. The number of benzene rings is 1. The Morgan fingerprint density at radius 3 is 2.75 bits per heavy atom. The molecule has 0 radical (unpaired) electrons. The van der Waals surface area contributed by atoms with Crippen molar-refractivity contribution in [2.24, 2.45) is 0 Å². The van der Waals surface area contributed by atoms with Gasteiger partial charge in [0, 0.05) is 23.0 Å². The van der Waals surface area contributed by atoms with Gasteiger partial charge >= 0.3 is 6.18 Å². The zero-order valence-electron chi connectivity index (χ0n) is 16.5. The summed E-state index contributed by atoms with van der Waals surface area (Å²) in [5.74, 6) is -0.0694. The van der Waals surface area contributed by atoms with Crippen LogP contribution < -0.4 is 10.2 Å². The van der Waals surface area contributed by atoms with Crippen molar-refractivity contribution in [3.63, 3.8) is 0 Å². The molecule has 1 aromatic heterocycles. The van der Waals surface area contributed by atoms with Crippen molar-refractivity contribution in [2.45, 2.75) is 17.9 Å². The number of nitrogens with zero attached hydrogens (tertiary/aromatic N) is 4. The molecule has 0 saturated carbocycles. The van der Waals surface area contributed by atoms with Crippen molar-refractivity contribution in [3.8, 4) is 6.07 Å². The molecule has 4 rings (SSSR count). The van der Waals surface area contributed by atoms with Crippen LogP contribution in [-0.4, -0.2) is 70.8 Å². The second kappa shape index (κ2) is 8.12. The number of carbonyl (C=O) groups is 2. The van der Waals surface area contributed by atoms with Crippen LogP contribution in [0.15, 0.2) is 30.5 Å². The number of fused-ring (bicyclic) bond motifs is 1. The monoisotopic (exact) mass is 467 g/mol. The van der Waals surface area contributed by atoms with Gasteiger partial charge in [0.05, 0.1) is 42.7 Å². The van der Waals surface area contributed by atoms with E-state index in [9.17, 15) is 27.2 Å². The van der Waals surface area contributed by atoms with E-state index in [4.69, 9.17) is 5.26 Å². The zero-order chi connectivity index (χ0) is 23.1. The quantitative estimate of drug-likeness (QED) is 0.695. The molecule has 12 heteroatoms. The van der Waals surface area contributed by atoms with Gasteiger partial charge in [-0.3, -0.25) is 14.6 Å². The van der Waals surface area contributed by atoms with E-state index in [0.29, 0.717) is 28.2 Å². The maximum absolute atomic E-state index is 13.9. The number of nitriles is 1. The van der Waals surface area contributed by atoms with Gasteiger partial charge in [0.25, 0.3) is 5.91 Å². The normalized spacial score (nSPS) is 20.0. The number of halogens is 4. The van der Waals surface area contributed by atoms with E-state index in [1.54, 1.807) is 0 Å². The smallest absolute Gasteiger partial charge is 0.364 e. The number of hydrogen-bond acceptors (Lipinski definition) is 6. The van der Waals surface area contributed by atoms with Crippen LogP contribution in [0.2, 0.25) is 0 Å². The number of aromatic nitrogens is 1. The molecule has 2 aromatic rings. The molecule has 2 aliphatic heterocycles. The zero-order valence-corrected chi connectivity index (χ0v) is 17.3. The Hall–Kier alpha value is -3.07. The first-order valence-corrected chi connectivity index (χ1v) is 10.7. The van der Waals surface area contributed by atoms with E-state index in [2.05, 4.69) is 10.3 Å². The summed E-state index contributed by atoms with van der Waals surface area (Å²) < 4.78 is 52.3. The number of anilines is 1. The van der Waals surface area contributed by atoms with Gasteiger partial charge in [0.2, 0.25) is 11.6 Å². The third-order valence-corrected chi connectivity index (χ3v) is 6.49.